The lowest BCUT2D eigenvalue weighted by Gasteiger charge is -2.28. The molecular formula is C36H46O4S2. The van der Waals surface area contributed by atoms with Gasteiger partial charge in [-0.25, -0.2) is 0 Å². The van der Waals surface area contributed by atoms with Gasteiger partial charge in [0.2, 0.25) is 10.2 Å². The van der Waals surface area contributed by atoms with Gasteiger partial charge in [0.1, 0.15) is 11.5 Å². The third-order valence-electron chi connectivity index (χ3n) is 7.18. The molecule has 4 nitrogen and oxygen atoms in total. The maximum absolute atomic E-state index is 13.3. The van der Waals surface area contributed by atoms with Gasteiger partial charge in [-0.1, -0.05) is 83.1 Å². The number of carbonyl (C=O) groups is 2. The van der Waals surface area contributed by atoms with E-state index in [4.69, 9.17) is 0 Å². The van der Waals surface area contributed by atoms with E-state index in [1.807, 2.05) is 107 Å². The van der Waals surface area contributed by atoms with Gasteiger partial charge in [-0.2, -0.15) is 0 Å². The number of phenols is 2. The monoisotopic (exact) mass is 606 g/mol. The minimum absolute atomic E-state index is 0.129. The largest absolute Gasteiger partial charge is 0.507 e. The smallest absolute Gasteiger partial charge is 0.224 e. The molecule has 0 heterocycles. The van der Waals surface area contributed by atoms with E-state index in [1.165, 1.54) is 0 Å². The van der Waals surface area contributed by atoms with Crippen molar-refractivity contribution in [3.8, 4) is 11.5 Å². The number of phenolic OH excluding ortho intramolecular Hbond substituents is 2. The number of hydrogen-bond acceptors (Lipinski definition) is 6. The number of aromatic hydroxyl groups is 2. The standard InChI is InChI=1S/C36H46O4S2/c1-33(2,3)25-17-23(18-26(29(25)37)34(4,5)6)41-31(39)21-13-15-22(16-14-21)32(40)42-24-19-27(35(7,8)9)30(38)28(20-24)36(10,11)12/h13-20,37-38H,1-12H3. The summed E-state index contributed by atoms with van der Waals surface area (Å²) >= 11 is 2.26. The van der Waals surface area contributed by atoms with Gasteiger partial charge in [0, 0.05) is 43.2 Å². The van der Waals surface area contributed by atoms with E-state index in [1.54, 1.807) is 24.3 Å². The number of hydrogen-bond donors (Lipinski definition) is 2. The second kappa shape index (κ2) is 11.8. The van der Waals surface area contributed by atoms with Crippen LogP contribution in [0, 0.1) is 0 Å². The topological polar surface area (TPSA) is 74.6 Å². The lowest BCUT2D eigenvalue weighted by Crippen LogP contribution is -2.17. The second-order valence-corrected chi connectivity index (χ2v) is 17.2. The number of rotatable bonds is 4. The van der Waals surface area contributed by atoms with E-state index in [0.717, 1.165) is 55.6 Å². The Labute approximate surface area is 260 Å². The first kappa shape index (κ1) is 33.8. The lowest BCUT2D eigenvalue weighted by atomic mass is 9.79. The van der Waals surface area contributed by atoms with Crippen molar-refractivity contribution in [2.24, 2.45) is 0 Å². The van der Waals surface area contributed by atoms with Crippen molar-refractivity contribution in [1.29, 1.82) is 0 Å². The molecule has 0 unspecified atom stereocenters. The molecule has 0 saturated carbocycles. The van der Waals surface area contributed by atoms with E-state index in [-0.39, 0.29) is 43.4 Å². The Morgan fingerprint density at radius 1 is 0.476 bits per heavy atom. The van der Waals surface area contributed by atoms with Crippen LogP contribution in [0.2, 0.25) is 0 Å². The van der Waals surface area contributed by atoms with Crippen LogP contribution in [0.15, 0.2) is 58.3 Å². The van der Waals surface area contributed by atoms with Gasteiger partial charge in [-0.15, -0.1) is 0 Å². The summed E-state index contributed by atoms with van der Waals surface area (Å²) in [4.78, 5) is 28.1. The third-order valence-corrected chi connectivity index (χ3v) is 8.96. The van der Waals surface area contributed by atoms with Crippen molar-refractivity contribution in [3.05, 3.63) is 81.9 Å². The summed E-state index contributed by atoms with van der Waals surface area (Å²) in [6.45, 7) is 24.6. The summed E-state index contributed by atoms with van der Waals surface area (Å²) in [6.07, 6.45) is 0. The zero-order valence-electron chi connectivity index (χ0n) is 27.1. The molecule has 3 rings (SSSR count). The number of thioether (sulfide) groups is 2. The van der Waals surface area contributed by atoms with Gasteiger partial charge in [0.15, 0.2) is 0 Å². The van der Waals surface area contributed by atoms with Crippen LogP contribution in [0.3, 0.4) is 0 Å². The van der Waals surface area contributed by atoms with Gasteiger partial charge in [0.25, 0.3) is 0 Å². The van der Waals surface area contributed by atoms with Crippen molar-refractivity contribution in [2.75, 3.05) is 0 Å². The molecule has 0 radical (unpaired) electrons. The molecule has 0 aliphatic rings. The summed E-state index contributed by atoms with van der Waals surface area (Å²) in [5.41, 5.74) is 3.07. The molecular weight excluding hydrogens is 561 g/mol. The van der Waals surface area contributed by atoms with E-state index in [0.29, 0.717) is 11.1 Å². The summed E-state index contributed by atoms with van der Waals surface area (Å²) < 4.78 is 0. The van der Waals surface area contributed by atoms with Crippen molar-refractivity contribution < 1.29 is 19.8 Å². The molecule has 0 saturated heterocycles. The molecule has 42 heavy (non-hydrogen) atoms. The normalized spacial score (nSPS) is 12.9. The highest BCUT2D eigenvalue weighted by molar-refractivity contribution is 8.14. The Morgan fingerprint density at radius 3 is 0.881 bits per heavy atom. The van der Waals surface area contributed by atoms with Gasteiger partial charge in [-0.3, -0.25) is 9.59 Å². The van der Waals surface area contributed by atoms with Gasteiger partial charge >= 0.3 is 0 Å². The SMILES string of the molecule is CC(C)(C)c1cc(SC(=O)c2ccc(C(=O)Sc3cc(C(C)(C)C)c(O)c(C(C)(C)C)c3)cc2)cc(C(C)(C)C)c1O. The molecule has 0 aliphatic heterocycles. The summed E-state index contributed by atoms with van der Waals surface area (Å²) in [7, 11) is 0. The molecule has 3 aromatic rings. The van der Waals surface area contributed by atoms with Crippen molar-refractivity contribution >= 4 is 33.8 Å². The molecule has 2 N–H and O–H groups in total. The predicted molar refractivity (Wildman–Crippen MR) is 178 cm³/mol. The van der Waals surface area contributed by atoms with Crippen LogP contribution in [0.4, 0.5) is 0 Å². The zero-order chi connectivity index (χ0) is 32.0. The van der Waals surface area contributed by atoms with Gasteiger partial charge in [-0.05, 0) is 93.7 Å². The minimum atomic E-state index is -0.290. The zero-order valence-corrected chi connectivity index (χ0v) is 28.8. The van der Waals surface area contributed by atoms with E-state index in [2.05, 4.69) is 0 Å². The van der Waals surface area contributed by atoms with Crippen LogP contribution < -0.4 is 0 Å². The highest BCUT2D eigenvalue weighted by Gasteiger charge is 2.29. The molecule has 3 aromatic carbocycles. The Bertz CT molecular complexity index is 1310. The Morgan fingerprint density at radius 2 is 0.690 bits per heavy atom. The highest BCUT2D eigenvalue weighted by Crippen LogP contribution is 2.44. The van der Waals surface area contributed by atoms with Gasteiger partial charge < -0.3 is 10.2 Å². The van der Waals surface area contributed by atoms with Crippen LogP contribution in [0.25, 0.3) is 0 Å². The first-order valence-corrected chi connectivity index (χ1v) is 15.9. The Kier molecular flexibility index (Phi) is 9.47. The molecule has 0 bridgehead atoms. The van der Waals surface area contributed by atoms with Crippen molar-refractivity contribution in [3.63, 3.8) is 0 Å². The maximum atomic E-state index is 13.3. The van der Waals surface area contributed by atoms with Gasteiger partial charge in [0.05, 0.1) is 0 Å². The molecule has 0 aromatic heterocycles. The Balaban J connectivity index is 1.87. The van der Waals surface area contributed by atoms with Crippen molar-refractivity contribution in [1.82, 2.24) is 0 Å². The van der Waals surface area contributed by atoms with E-state index in [9.17, 15) is 19.8 Å². The summed E-state index contributed by atoms with van der Waals surface area (Å²) in [5.74, 6) is 0.565. The first-order valence-electron chi connectivity index (χ1n) is 14.3. The van der Waals surface area contributed by atoms with Crippen LogP contribution in [-0.4, -0.2) is 20.4 Å². The average molecular weight is 607 g/mol. The maximum Gasteiger partial charge on any atom is 0.224 e. The number of carbonyl (C=O) groups excluding carboxylic acids is 2. The molecule has 226 valence electrons. The number of benzene rings is 3. The fraction of sp³-hybridized carbons (Fsp3) is 0.444. The average Bonchev–Trinajstić information content (AvgIpc) is 2.83. The molecule has 6 heteroatoms. The predicted octanol–water partition coefficient (Wildman–Crippen LogP) is 10.2. The molecule has 0 atom stereocenters. The highest BCUT2D eigenvalue weighted by atomic mass is 32.2. The minimum Gasteiger partial charge on any atom is -0.507 e. The van der Waals surface area contributed by atoms with Crippen LogP contribution in [-0.2, 0) is 21.7 Å². The molecule has 0 fully saturated rings. The molecule has 0 spiro atoms. The van der Waals surface area contributed by atoms with Crippen LogP contribution in [0.1, 0.15) is 126 Å². The van der Waals surface area contributed by atoms with E-state index >= 15 is 0 Å². The van der Waals surface area contributed by atoms with Crippen molar-refractivity contribution in [2.45, 2.75) is 115 Å². The first-order chi connectivity index (χ1) is 19.0. The molecule has 0 amide bonds. The lowest BCUT2D eigenvalue weighted by molar-refractivity contribution is 0.107. The Hall–Kier alpha value is -2.70. The van der Waals surface area contributed by atoms with E-state index < -0.39 is 0 Å². The fourth-order valence-corrected chi connectivity index (χ4v) is 6.34. The molecule has 0 aliphatic carbocycles. The fourth-order valence-electron chi connectivity index (χ4n) is 4.69. The summed E-state index contributed by atoms with van der Waals surface area (Å²) in [5, 5.41) is 21.8. The second-order valence-electron chi connectivity index (χ2n) is 15.1. The van der Waals surface area contributed by atoms with Crippen LogP contribution >= 0.6 is 23.5 Å². The summed E-state index contributed by atoms with van der Waals surface area (Å²) in [6, 6.07) is 14.4. The quantitative estimate of drug-likeness (QED) is 0.288. The third kappa shape index (κ3) is 7.82. The van der Waals surface area contributed by atoms with Crippen LogP contribution in [0.5, 0.6) is 11.5 Å².